The normalized spacial score (nSPS) is 12.3. The Morgan fingerprint density at radius 2 is 1.89 bits per heavy atom. The number of aromatic nitrogens is 1. The SMILES string of the molecule is CC(NC(N)=O)=C(Sc1nc2ccccc2s1)N(C(=O)NC(C)C)C(C)C. The van der Waals surface area contributed by atoms with Gasteiger partial charge < -0.3 is 16.4 Å². The number of hydrogen-bond acceptors (Lipinski definition) is 5. The summed E-state index contributed by atoms with van der Waals surface area (Å²) < 4.78 is 1.84. The number of amides is 4. The molecule has 0 saturated carbocycles. The predicted molar refractivity (Wildman–Crippen MR) is 112 cm³/mol. The summed E-state index contributed by atoms with van der Waals surface area (Å²) in [5, 5.41) is 6.08. The molecule has 2 rings (SSSR count). The number of allylic oxidation sites excluding steroid dienone is 1. The molecule has 0 bridgehead atoms. The van der Waals surface area contributed by atoms with Gasteiger partial charge in [-0.05, 0) is 58.5 Å². The Balaban J connectivity index is 2.45. The fourth-order valence-corrected chi connectivity index (χ4v) is 4.68. The molecular formula is C18H25N5O2S2. The highest BCUT2D eigenvalue weighted by molar-refractivity contribution is 8.04. The van der Waals surface area contributed by atoms with Crippen LogP contribution >= 0.6 is 23.1 Å². The zero-order valence-corrected chi connectivity index (χ0v) is 17.7. The minimum atomic E-state index is -0.678. The van der Waals surface area contributed by atoms with Crippen LogP contribution in [0.4, 0.5) is 9.59 Å². The van der Waals surface area contributed by atoms with Gasteiger partial charge in [-0.2, -0.15) is 0 Å². The number of carbonyl (C=O) groups is 2. The van der Waals surface area contributed by atoms with E-state index in [4.69, 9.17) is 5.73 Å². The quantitative estimate of drug-likeness (QED) is 0.628. The van der Waals surface area contributed by atoms with E-state index in [1.807, 2.05) is 52.0 Å². The number of primary amides is 1. The molecule has 4 amide bonds. The van der Waals surface area contributed by atoms with Gasteiger partial charge in [-0.3, -0.25) is 4.90 Å². The first-order valence-electron chi connectivity index (χ1n) is 8.59. The summed E-state index contributed by atoms with van der Waals surface area (Å²) >= 11 is 2.87. The van der Waals surface area contributed by atoms with Crippen LogP contribution in [0, 0.1) is 0 Å². The molecule has 0 fully saturated rings. The fraction of sp³-hybridized carbons (Fsp3) is 0.389. The summed E-state index contributed by atoms with van der Waals surface area (Å²) in [4.78, 5) is 30.4. The van der Waals surface area contributed by atoms with E-state index in [0.717, 1.165) is 14.6 Å². The molecule has 0 unspecified atom stereocenters. The van der Waals surface area contributed by atoms with Crippen LogP contribution in [0.5, 0.6) is 0 Å². The Morgan fingerprint density at radius 3 is 2.44 bits per heavy atom. The number of nitrogens with two attached hydrogens (primary N) is 1. The maximum Gasteiger partial charge on any atom is 0.322 e. The second kappa shape index (κ2) is 9.09. The van der Waals surface area contributed by atoms with Crippen molar-refractivity contribution in [3.8, 4) is 0 Å². The van der Waals surface area contributed by atoms with Gasteiger partial charge in [-0.15, -0.1) is 11.3 Å². The van der Waals surface area contributed by atoms with Gasteiger partial charge >= 0.3 is 12.1 Å². The zero-order chi connectivity index (χ0) is 20.1. The third kappa shape index (κ3) is 5.61. The molecule has 146 valence electrons. The lowest BCUT2D eigenvalue weighted by Crippen LogP contribution is -2.46. The van der Waals surface area contributed by atoms with Gasteiger partial charge in [-0.25, -0.2) is 14.6 Å². The van der Waals surface area contributed by atoms with Crippen LogP contribution in [0.15, 0.2) is 39.3 Å². The van der Waals surface area contributed by atoms with E-state index in [2.05, 4.69) is 15.6 Å². The Kier molecular flexibility index (Phi) is 7.09. The maximum absolute atomic E-state index is 12.8. The van der Waals surface area contributed by atoms with E-state index in [1.54, 1.807) is 11.8 Å². The highest BCUT2D eigenvalue weighted by Crippen LogP contribution is 2.37. The van der Waals surface area contributed by atoms with Crippen molar-refractivity contribution in [2.75, 3.05) is 0 Å². The van der Waals surface area contributed by atoms with E-state index in [-0.39, 0.29) is 18.1 Å². The van der Waals surface area contributed by atoms with Crippen molar-refractivity contribution in [1.29, 1.82) is 0 Å². The van der Waals surface area contributed by atoms with Gasteiger partial charge in [0.2, 0.25) is 0 Å². The summed E-state index contributed by atoms with van der Waals surface area (Å²) in [6.07, 6.45) is 0. The predicted octanol–water partition coefficient (Wildman–Crippen LogP) is 4.07. The van der Waals surface area contributed by atoms with Crippen molar-refractivity contribution in [2.24, 2.45) is 5.73 Å². The van der Waals surface area contributed by atoms with Crippen LogP contribution < -0.4 is 16.4 Å². The Bertz CT molecular complexity index is 827. The molecule has 7 nitrogen and oxygen atoms in total. The third-order valence-corrected chi connectivity index (χ3v) is 5.75. The van der Waals surface area contributed by atoms with E-state index in [1.165, 1.54) is 23.1 Å². The molecule has 0 aliphatic heterocycles. The highest BCUT2D eigenvalue weighted by atomic mass is 32.2. The molecule has 0 aliphatic rings. The molecule has 4 N–H and O–H groups in total. The van der Waals surface area contributed by atoms with Crippen LogP contribution in [0.3, 0.4) is 0 Å². The number of para-hydroxylation sites is 1. The molecule has 0 aliphatic carbocycles. The summed E-state index contributed by atoms with van der Waals surface area (Å²) in [5.74, 6) is 0. The maximum atomic E-state index is 12.8. The van der Waals surface area contributed by atoms with Crippen LogP contribution in [0.25, 0.3) is 10.2 Å². The van der Waals surface area contributed by atoms with Crippen molar-refractivity contribution < 1.29 is 9.59 Å². The first kappa shape index (κ1) is 21.0. The molecule has 0 spiro atoms. The molecule has 0 saturated heterocycles. The highest BCUT2D eigenvalue weighted by Gasteiger charge is 2.26. The lowest BCUT2D eigenvalue weighted by Gasteiger charge is -2.30. The van der Waals surface area contributed by atoms with E-state index >= 15 is 0 Å². The number of rotatable bonds is 6. The van der Waals surface area contributed by atoms with Gasteiger partial charge in [0, 0.05) is 17.8 Å². The molecule has 1 aromatic heterocycles. The second-order valence-corrected chi connectivity index (χ2v) is 8.80. The number of nitrogens with one attached hydrogen (secondary N) is 2. The Hall–Kier alpha value is -2.26. The minimum Gasteiger partial charge on any atom is -0.351 e. The van der Waals surface area contributed by atoms with Crippen LogP contribution in [-0.2, 0) is 0 Å². The van der Waals surface area contributed by atoms with Gasteiger partial charge in [-0.1, -0.05) is 12.1 Å². The average Bonchev–Trinajstić information content (AvgIpc) is 2.94. The molecule has 1 heterocycles. The van der Waals surface area contributed by atoms with Crippen molar-refractivity contribution in [3.63, 3.8) is 0 Å². The topological polar surface area (TPSA) is 100 Å². The van der Waals surface area contributed by atoms with Gasteiger partial charge in [0.1, 0.15) is 5.03 Å². The largest absolute Gasteiger partial charge is 0.351 e. The van der Waals surface area contributed by atoms with Gasteiger partial charge in [0.05, 0.1) is 10.2 Å². The molecule has 1 aromatic carbocycles. The first-order valence-corrected chi connectivity index (χ1v) is 10.2. The molecule has 0 atom stereocenters. The summed E-state index contributed by atoms with van der Waals surface area (Å²) in [6, 6.07) is 6.77. The molecule has 27 heavy (non-hydrogen) atoms. The molecule has 9 heteroatoms. The smallest absolute Gasteiger partial charge is 0.322 e. The molecule has 0 radical (unpaired) electrons. The van der Waals surface area contributed by atoms with E-state index in [9.17, 15) is 9.59 Å². The number of nitrogens with zero attached hydrogens (tertiary/aromatic N) is 2. The summed E-state index contributed by atoms with van der Waals surface area (Å²) in [6.45, 7) is 9.34. The lowest BCUT2D eigenvalue weighted by molar-refractivity contribution is 0.201. The monoisotopic (exact) mass is 407 g/mol. The zero-order valence-electron chi connectivity index (χ0n) is 16.1. The molecular weight excluding hydrogens is 382 g/mol. The Labute approximate surface area is 167 Å². The van der Waals surface area contributed by atoms with Crippen molar-refractivity contribution in [3.05, 3.63) is 35.0 Å². The number of urea groups is 2. The van der Waals surface area contributed by atoms with Gasteiger partial charge in [0.15, 0.2) is 4.34 Å². The number of thiazole rings is 1. The lowest BCUT2D eigenvalue weighted by atomic mass is 10.3. The Morgan fingerprint density at radius 1 is 1.22 bits per heavy atom. The number of thioether (sulfide) groups is 1. The molecule has 2 aromatic rings. The number of fused-ring (bicyclic) bond motifs is 1. The minimum absolute atomic E-state index is 0.0168. The number of benzene rings is 1. The standard InChI is InChI=1S/C18H25N5O2S2/c1-10(2)20-17(25)23(11(3)4)15(12(5)21-16(19)24)27-18-22-13-8-6-7-9-14(13)26-18/h6-11H,1-5H3,(H,20,25)(H3,19,21,24). The van der Waals surface area contributed by atoms with Crippen molar-refractivity contribution in [1.82, 2.24) is 20.5 Å². The van der Waals surface area contributed by atoms with Crippen LogP contribution in [-0.4, -0.2) is 34.0 Å². The van der Waals surface area contributed by atoms with Gasteiger partial charge in [0.25, 0.3) is 0 Å². The third-order valence-electron chi connectivity index (χ3n) is 3.46. The number of carbonyl (C=O) groups excluding carboxylic acids is 2. The van der Waals surface area contributed by atoms with E-state index in [0.29, 0.717) is 10.7 Å². The first-order chi connectivity index (χ1) is 12.7. The summed E-state index contributed by atoms with van der Waals surface area (Å²) in [5.41, 5.74) is 6.69. The van der Waals surface area contributed by atoms with Crippen molar-refractivity contribution in [2.45, 2.75) is 51.0 Å². The van der Waals surface area contributed by atoms with Crippen molar-refractivity contribution >= 4 is 45.4 Å². The van der Waals surface area contributed by atoms with Crippen LogP contribution in [0.1, 0.15) is 34.6 Å². The van der Waals surface area contributed by atoms with E-state index < -0.39 is 6.03 Å². The van der Waals surface area contributed by atoms with Crippen LogP contribution in [0.2, 0.25) is 0 Å². The fourth-order valence-electron chi connectivity index (χ4n) is 2.40. The summed E-state index contributed by atoms with van der Waals surface area (Å²) in [7, 11) is 0. The second-order valence-electron chi connectivity index (χ2n) is 6.54. The average molecular weight is 408 g/mol. The number of hydrogen-bond donors (Lipinski definition) is 3.